The van der Waals surface area contributed by atoms with Crippen LogP contribution in [-0.4, -0.2) is 55.3 Å². The van der Waals surface area contributed by atoms with E-state index in [1.165, 1.54) is 0 Å². The molecule has 0 fully saturated rings. The minimum atomic E-state index is -0.601. The molecule has 1 unspecified atom stereocenters. The van der Waals surface area contributed by atoms with Gasteiger partial charge < -0.3 is 15.0 Å². The normalized spacial score (nSPS) is 11.9. The Morgan fingerprint density at radius 3 is 2.62 bits per heavy atom. The summed E-state index contributed by atoms with van der Waals surface area (Å²) in [5.41, 5.74) is 4.32. The average molecular weight is 459 g/mol. The number of hydrogen-bond acceptors (Lipinski definition) is 8. The molecule has 2 aromatic heterocycles. The molecule has 2 aromatic carbocycles. The topological polar surface area (TPSA) is 111 Å². The number of carbonyl (C=O) groups is 1. The van der Waals surface area contributed by atoms with E-state index in [0.29, 0.717) is 29.5 Å². The van der Waals surface area contributed by atoms with Crippen LogP contribution in [0, 0.1) is 6.92 Å². The summed E-state index contributed by atoms with van der Waals surface area (Å²) in [7, 11) is 3.89. The lowest BCUT2D eigenvalue weighted by Gasteiger charge is -2.15. The molecule has 2 heterocycles. The SMILES string of the molecule is Cc1ccc(-c2cc(OC(=O)NC(C)c3cnccn3)cc(-n3nnnc3CN(C)C)c2)cc1. The van der Waals surface area contributed by atoms with Crippen molar-refractivity contribution in [2.75, 3.05) is 14.1 Å². The lowest BCUT2D eigenvalue weighted by molar-refractivity contribution is 0.196. The predicted molar refractivity (Wildman–Crippen MR) is 126 cm³/mol. The maximum atomic E-state index is 12.7. The van der Waals surface area contributed by atoms with Crippen LogP contribution in [0.25, 0.3) is 16.8 Å². The van der Waals surface area contributed by atoms with E-state index in [1.54, 1.807) is 29.3 Å². The zero-order valence-corrected chi connectivity index (χ0v) is 19.5. The second-order valence-corrected chi connectivity index (χ2v) is 8.21. The zero-order valence-electron chi connectivity index (χ0n) is 19.5. The Bertz CT molecular complexity index is 1260. The number of rotatable bonds is 7. The molecule has 10 heteroatoms. The molecule has 0 saturated carbocycles. The number of amides is 1. The maximum Gasteiger partial charge on any atom is 0.413 e. The molecule has 0 aliphatic heterocycles. The van der Waals surface area contributed by atoms with Crippen LogP contribution in [0.15, 0.2) is 61.1 Å². The Labute approximate surface area is 197 Å². The Morgan fingerprint density at radius 2 is 1.91 bits per heavy atom. The largest absolute Gasteiger partial charge is 0.413 e. The Hall–Kier alpha value is -4.18. The van der Waals surface area contributed by atoms with Crippen LogP contribution in [0.4, 0.5) is 4.79 Å². The van der Waals surface area contributed by atoms with Gasteiger partial charge in [0.25, 0.3) is 0 Å². The number of aromatic nitrogens is 6. The van der Waals surface area contributed by atoms with Crippen LogP contribution >= 0.6 is 0 Å². The number of aryl methyl sites for hydroxylation is 1. The molecule has 1 atom stereocenters. The van der Waals surface area contributed by atoms with Crippen LogP contribution in [0.5, 0.6) is 5.75 Å². The van der Waals surface area contributed by atoms with E-state index in [1.807, 2.05) is 69.2 Å². The summed E-state index contributed by atoms with van der Waals surface area (Å²) in [5.74, 6) is 1.03. The Morgan fingerprint density at radius 1 is 1.12 bits per heavy atom. The summed E-state index contributed by atoms with van der Waals surface area (Å²) < 4.78 is 7.31. The molecule has 0 spiro atoms. The molecule has 34 heavy (non-hydrogen) atoms. The molecule has 10 nitrogen and oxygen atoms in total. The van der Waals surface area contributed by atoms with Gasteiger partial charge in [-0.2, -0.15) is 4.68 Å². The van der Waals surface area contributed by atoms with Crippen LogP contribution in [0.3, 0.4) is 0 Å². The predicted octanol–water partition coefficient (Wildman–Crippen LogP) is 3.34. The van der Waals surface area contributed by atoms with Gasteiger partial charge in [0.15, 0.2) is 5.82 Å². The van der Waals surface area contributed by atoms with Gasteiger partial charge in [0.1, 0.15) is 5.75 Å². The van der Waals surface area contributed by atoms with E-state index < -0.39 is 6.09 Å². The molecule has 0 aliphatic carbocycles. The summed E-state index contributed by atoms with van der Waals surface area (Å²) in [6, 6.07) is 13.3. The molecule has 0 saturated heterocycles. The molecule has 4 rings (SSSR count). The van der Waals surface area contributed by atoms with Gasteiger partial charge in [-0.25, -0.2) is 4.79 Å². The summed E-state index contributed by atoms with van der Waals surface area (Å²) in [6.07, 6.45) is 4.16. The summed E-state index contributed by atoms with van der Waals surface area (Å²) in [5, 5.41) is 14.9. The molecule has 4 aromatic rings. The van der Waals surface area contributed by atoms with E-state index in [-0.39, 0.29) is 6.04 Å². The number of tetrazole rings is 1. The number of carbonyl (C=O) groups excluding carboxylic acids is 1. The van der Waals surface area contributed by atoms with E-state index in [4.69, 9.17) is 4.74 Å². The van der Waals surface area contributed by atoms with Crippen LogP contribution in [0.1, 0.15) is 30.0 Å². The second-order valence-electron chi connectivity index (χ2n) is 8.21. The number of nitrogens with zero attached hydrogens (tertiary/aromatic N) is 7. The molecule has 0 aliphatic rings. The fourth-order valence-corrected chi connectivity index (χ4v) is 3.39. The van der Waals surface area contributed by atoms with Crippen molar-refractivity contribution in [2.24, 2.45) is 0 Å². The average Bonchev–Trinajstić information content (AvgIpc) is 3.27. The van der Waals surface area contributed by atoms with E-state index >= 15 is 0 Å². The third-order valence-electron chi connectivity index (χ3n) is 5.08. The first-order valence-corrected chi connectivity index (χ1v) is 10.8. The summed E-state index contributed by atoms with van der Waals surface area (Å²) in [4.78, 5) is 22.9. The lowest BCUT2D eigenvalue weighted by Crippen LogP contribution is -2.30. The van der Waals surface area contributed by atoms with Gasteiger partial charge in [-0.05, 0) is 61.6 Å². The Balaban J connectivity index is 1.65. The first-order chi connectivity index (χ1) is 16.4. The van der Waals surface area contributed by atoms with Gasteiger partial charge in [0, 0.05) is 18.5 Å². The monoisotopic (exact) mass is 458 g/mol. The first-order valence-electron chi connectivity index (χ1n) is 10.8. The van der Waals surface area contributed by atoms with Gasteiger partial charge >= 0.3 is 6.09 Å². The Kier molecular flexibility index (Phi) is 6.88. The third kappa shape index (κ3) is 5.59. The minimum Gasteiger partial charge on any atom is -0.410 e. The molecule has 1 amide bonds. The van der Waals surface area contributed by atoms with Gasteiger partial charge in [0.05, 0.1) is 30.2 Å². The van der Waals surface area contributed by atoms with E-state index in [9.17, 15) is 4.79 Å². The quantitative estimate of drug-likeness (QED) is 0.449. The number of nitrogens with one attached hydrogen (secondary N) is 1. The van der Waals surface area contributed by atoms with Gasteiger partial charge in [-0.15, -0.1) is 5.10 Å². The second kappa shape index (κ2) is 10.2. The number of hydrogen-bond donors (Lipinski definition) is 1. The standard InChI is InChI=1S/C24H26N8O2/c1-16-5-7-18(8-6-16)19-11-20(32-23(15-31(3)4)28-29-30-32)13-21(12-19)34-24(33)27-17(2)22-14-25-9-10-26-22/h5-14,17H,15H2,1-4H3,(H,27,33). The first kappa shape index (κ1) is 23.0. The van der Waals surface area contributed by atoms with Crippen molar-refractivity contribution in [3.63, 3.8) is 0 Å². The smallest absolute Gasteiger partial charge is 0.410 e. The molecule has 0 bridgehead atoms. The fourth-order valence-electron chi connectivity index (χ4n) is 3.39. The van der Waals surface area contributed by atoms with Crippen molar-refractivity contribution in [1.29, 1.82) is 0 Å². The van der Waals surface area contributed by atoms with Gasteiger partial charge in [-0.3, -0.25) is 9.97 Å². The fraction of sp³-hybridized carbons (Fsp3) is 0.250. The van der Waals surface area contributed by atoms with Crippen molar-refractivity contribution in [3.8, 4) is 22.6 Å². The van der Waals surface area contributed by atoms with Crippen molar-refractivity contribution in [1.82, 2.24) is 40.4 Å². The highest BCUT2D eigenvalue weighted by atomic mass is 16.6. The number of benzene rings is 2. The van der Waals surface area contributed by atoms with Gasteiger partial charge in [0.2, 0.25) is 0 Å². The van der Waals surface area contributed by atoms with Crippen LogP contribution in [0.2, 0.25) is 0 Å². The summed E-state index contributed by atoms with van der Waals surface area (Å²) >= 11 is 0. The minimum absolute atomic E-state index is 0.364. The van der Waals surface area contributed by atoms with Crippen molar-refractivity contribution in [2.45, 2.75) is 26.4 Å². The maximum absolute atomic E-state index is 12.7. The molecule has 1 N–H and O–H groups in total. The molecule has 174 valence electrons. The third-order valence-corrected chi connectivity index (χ3v) is 5.08. The highest BCUT2D eigenvalue weighted by Crippen LogP contribution is 2.29. The van der Waals surface area contributed by atoms with Crippen molar-refractivity contribution in [3.05, 3.63) is 78.1 Å². The summed E-state index contributed by atoms with van der Waals surface area (Å²) in [6.45, 7) is 4.40. The van der Waals surface area contributed by atoms with Crippen LogP contribution in [-0.2, 0) is 6.54 Å². The van der Waals surface area contributed by atoms with E-state index in [2.05, 4.69) is 30.8 Å². The molecular formula is C24H26N8O2. The highest BCUT2D eigenvalue weighted by Gasteiger charge is 2.16. The van der Waals surface area contributed by atoms with Gasteiger partial charge in [-0.1, -0.05) is 29.8 Å². The number of ether oxygens (including phenoxy) is 1. The van der Waals surface area contributed by atoms with Crippen molar-refractivity contribution >= 4 is 6.09 Å². The van der Waals surface area contributed by atoms with Crippen molar-refractivity contribution < 1.29 is 9.53 Å². The highest BCUT2D eigenvalue weighted by molar-refractivity contribution is 5.74. The molecule has 0 radical (unpaired) electrons. The zero-order chi connectivity index (χ0) is 24.1. The van der Waals surface area contributed by atoms with E-state index in [0.717, 1.165) is 16.7 Å². The lowest BCUT2D eigenvalue weighted by atomic mass is 10.0. The molecular weight excluding hydrogens is 432 g/mol. The van der Waals surface area contributed by atoms with Crippen LogP contribution < -0.4 is 10.1 Å².